The maximum atomic E-state index is 13.7. The number of nitrogens with zero attached hydrogens (tertiary/aromatic N) is 2. The molecule has 0 aromatic heterocycles. The van der Waals surface area contributed by atoms with Crippen molar-refractivity contribution >= 4 is 23.6 Å². The highest BCUT2D eigenvalue weighted by Crippen LogP contribution is 2.59. The summed E-state index contributed by atoms with van der Waals surface area (Å²) in [7, 11) is 0. The number of carbonyl (C=O) groups is 2. The minimum atomic E-state index is -4.64. The van der Waals surface area contributed by atoms with Crippen LogP contribution < -0.4 is 0 Å². The number of carbonyl (C=O) groups excluding carboxylic acids is 2. The van der Waals surface area contributed by atoms with Crippen molar-refractivity contribution < 1.29 is 31.9 Å². The fourth-order valence-electron chi connectivity index (χ4n) is 3.80. The molecule has 5 nitrogen and oxygen atoms in total. The maximum absolute atomic E-state index is 13.7. The van der Waals surface area contributed by atoms with Crippen molar-refractivity contribution in [2.75, 3.05) is 13.1 Å². The van der Waals surface area contributed by atoms with Gasteiger partial charge in [-0.3, -0.25) is 9.69 Å². The second-order valence-corrected chi connectivity index (χ2v) is 9.62. The van der Waals surface area contributed by atoms with Gasteiger partial charge in [0, 0.05) is 19.1 Å². The van der Waals surface area contributed by atoms with Gasteiger partial charge >= 0.3 is 12.3 Å². The van der Waals surface area contributed by atoms with Gasteiger partial charge in [0.1, 0.15) is 16.8 Å². The highest BCUT2D eigenvalue weighted by Gasteiger charge is 2.70. The molecular weight excluding hydrogens is 440 g/mol. The van der Waals surface area contributed by atoms with Crippen LogP contribution >= 0.6 is 11.6 Å². The monoisotopic (exact) mass is 464 g/mol. The zero-order valence-corrected chi connectivity index (χ0v) is 18.5. The van der Waals surface area contributed by atoms with Crippen molar-refractivity contribution in [2.24, 2.45) is 5.41 Å². The highest BCUT2D eigenvalue weighted by molar-refractivity contribution is 6.30. The molecular formula is C21H25ClF4N2O3. The van der Waals surface area contributed by atoms with Gasteiger partial charge in [-0.2, -0.15) is 13.2 Å². The van der Waals surface area contributed by atoms with Gasteiger partial charge in [0.05, 0.1) is 11.1 Å². The zero-order chi connectivity index (χ0) is 23.4. The number of halogens is 5. The number of amides is 2. The minimum absolute atomic E-state index is 0.0335. The van der Waals surface area contributed by atoms with Gasteiger partial charge in [-0.15, -0.1) is 0 Å². The predicted octanol–water partition coefficient (Wildman–Crippen LogP) is 5.33. The Morgan fingerprint density at radius 1 is 1.13 bits per heavy atom. The van der Waals surface area contributed by atoms with E-state index < -0.39 is 47.1 Å². The first-order chi connectivity index (χ1) is 14.2. The van der Waals surface area contributed by atoms with E-state index in [0.29, 0.717) is 5.56 Å². The van der Waals surface area contributed by atoms with Crippen LogP contribution in [0.25, 0.3) is 0 Å². The van der Waals surface area contributed by atoms with E-state index in [1.807, 2.05) is 0 Å². The van der Waals surface area contributed by atoms with Gasteiger partial charge in [-0.1, -0.05) is 17.7 Å². The van der Waals surface area contributed by atoms with Crippen molar-refractivity contribution in [3.8, 4) is 0 Å². The summed E-state index contributed by atoms with van der Waals surface area (Å²) in [5.74, 6) is -1.66. The van der Waals surface area contributed by atoms with Crippen molar-refractivity contribution in [3.05, 3.63) is 34.6 Å². The zero-order valence-electron chi connectivity index (χ0n) is 17.7. The summed E-state index contributed by atoms with van der Waals surface area (Å²) < 4.78 is 59.8. The second-order valence-electron chi connectivity index (χ2n) is 9.21. The number of alkyl halides is 3. The van der Waals surface area contributed by atoms with E-state index in [9.17, 15) is 27.2 Å². The molecule has 31 heavy (non-hydrogen) atoms. The molecule has 1 saturated carbocycles. The van der Waals surface area contributed by atoms with Crippen LogP contribution in [0.15, 0.2) is 18.2 Å². The topological polar surface area (TPSA) is 49.9 Å². The first-order valence-corrected chi connectivity index (χ1v) is 10.4. The van der Waals surface area contributed by atoms with Crippen molar-refractivity contribution in [1.82, 2.24) is 9.80 Å². The fourth-order valence-corrected chi connectivity index (χ4v) is 3.99. The first-order valence-electron chi connectivity index (χ1n) is 9.99. The molecule has 1 heterocycles. The predicted molar refractivity (Wildman–Crippen MR) is 106 cm³/mol. The van der Waals surface area contributed by atoms with Crippen LogP contribution in [0.5, 0.6) is 0 Å². The molecule has 2 atom stereocenters. The molecule has 1 aliphatic heterocycles. The van der Waals surface area contributed by atoms with Gasteiger partial charge in [0.15, 0.2) is 0 Å². The number of hydrogen-bond donors (Lipinski definition) is 0. The molecule has 0 spiro atoms. The quantitative estimate of drug-likeness (QED) is 0.556. The molecule has 1 aliphatic carbocycles. The van der Waals surface area contributed by atoms with E-state index in [0.717, 1.165) is 6.07 Å². The molecule has 0 radical (unpaired) electrons. The van der Waals surface area contributed by atoms with E-state index in [-0.39, 0.29) is 31.0 Å². The molecule has 2 amide bonds. The molecule has 10 heteroatoms. The van der Waals surface area contributed by atoms with Crippen LogP contribution in [-0.4, -0.2) is 52.7 Å². The Morgan fingerprint density at radius 3 is 2.23 bits per heavy atom. The number of ether oxygens (including phenoxy) is 1. The SMILES string of the molecule is C[C@@H]1CN(C(=O)OC(C)(C)C)[C@H](c2ccc(F)c(Cl)c2)CN1C(=O)C1(C(F)(F)F)CC1. The number of benzene rings is 1. The van der Waals surface area contributed by atoms with Crippen molar-refractivity contribution in [3.63, 3.8) is 0 Å². The lowest BCUT2D eigenvalue weighted by Crippen LogP contribution is -2.59. The Balaban J connectivity index is 1.95. The smallest absolute Gasteiger partial charge is 0.410 e. The molecule has 2 fully saturated rings. The Hall–Kier alpha value is -2.03. The largest absolute Gasteiger partial charge is 0.444 e. The van der Waals surface area contributed by atoms with Crippen LogP contribution in [0.3, 0.4) is 0 Å². The van der Waals surface area contributed by atoms with Gasteiger partial charge in [-0.05, 0) is 58.2 Å². The molecule has 1 saturated heterocycles. The minimum Gasteiger partial charge on any atom is -0.444 e. The Kier molecular flexibility index (Phi) is 5.97. The molecule has 3 rings (SSSR count). The van der Waals surface area contributed by atoms with Crippen LogP contribution in [-0.2, 0) is 9.53 Å². The third-order valence-corrected chi connectivity index (χ3v) is 5.95. The third-order valence-electron chi connectivity index (χ3n) is 5.66. The lowest BCUT2D eigenvalue weighted by Gasteiger charge is -2.46. The van der Waals surface area contributed by atoms with Gasteiger partial charge in [0.25, 0.3) is 0 Å². The standard InChI is InChI=1S/C21H25ClF4N2O3/c1-12-10-28(18(30)31-19(2,3)4)16(13-5-6-15(23)14(22)9-13)11-27(12)17(29)20(7-8-20)21(24,25)26/h5-6,9,12,16H,7-8,10-11H2,1-4H3/t12-,16+/m1/s1. The molecule has 2 aliphatic rings. The summed E-state index contributed by atoms with van der Waals surface area (Å²) in [5, 5.41) is -0.188. The van der Waals surface area contributed by atoms with E-state index >= 15 is 0 Å². The second kappa shape index (κ2) is 7.83. The van der Waals surface area contributed by atoms with Gasteiger partial charge in [-0.25, -0.2) is 9.18 Å². The normalized spacial score (nSPS) is 23.5. The van der Waals surface area contributed by atoms with Crippen LogP contribution in [0.1, 0.15) is 52.1 Å². The lowest BCUT2D eigenvalue weighted by molar-refractivity contribution is -0.201. The van der Waals surface area contributed by atoms with Gasteiger partial charge < -0.3 is 9.64 Å². The first kappa shape index (κ1) is 23.6. The molecule has 1 aromatic carbocycles. The Bertz CT molecular complexity index is 880. The number of rotatable bonds is 2. The fraction of sp³-hybridized carbons (Fsp3) is 0.619. The van der Waals surface area contributed by atoms with Crippen LogP contribution in [0.2, 0.25) is 5.02 Å². The maximum Gasteiger partial charge on any atom is 0.410 e. The summed E-state index contributed by atoms with van der Waals surface area (Å²) in [6.07, 6.45) is -5.81. The number of piperazine rings is 1. The molecule has 0 unspecified atom stereocenters. The Morgan fingerprint density at radius 2 is 1.74 bits per heavy atom. The average molecular weight is 465 g/mol. The van der Waals surface area contributed by atoms with Crippen LogP contribution in [0, 0.1) is 11.2 Å². The summed E-state index contributed by atoms with van der Waals surface area (Å²) >= 11 is 5.90. The van der Waals surface area contributed by atoms with Crippen LogP contribution in [0.4, 0.5) is 22.4 Å². The molecule has 0 bridgehead atoms. The Labute approximate surface area is 183 Å². The molecule has 1 aromatic rings. The van der Waals surface area contributed by atoms with E-state index in [1.165, 1.54) is 21.9 Å². The van der Waals surface area contributed by atoms with Crippen molar-refractivity contribution in [2.45, 2.75) is 64.4 Å². The summed E-state index contributed by atoms with van der Waals surface area (Å²) in [4.78, 5) is 28.3. The summed E-state index contributed by atoms with van der Waals surface area (Å²) in [6, 6.07) is 2.34. The lowest BCUT2D eigenvalue weighted by atomic mass is 9.96. The van der Waals surface area contributed by atoms with Crippen molar-refractivity contribution in [1.29, 1.82) is 0 Å². The van der Waals surface area contributed by atoms with E-state index in [2.05, 4.69) is 0 Å². The highest BCUT2D eigenvalue weighted by atomic mass is 35.5. The van der Waals surface area contributed by atoms with Gasteiger partial charge in [0.2, 0.25) is 5.91 Å². The van der Waals surface area contributed by atoms with E-state index in [4.69, 9.17) is 16.3 Å². The average Bonchev–Trinajstić information content (AvgIpc) is 3.44. The summed E-state index contributed by atoms with van der Waals surface area (Å²) in [6.45, 7) is 6.46. The number of hydrogen-bond acceptors (Lipinski definition) is 3. The summed E-state index contributed by atoms with van der Waals surface area (Å²) in [5.41, 5.74) is -2.76. The third kappa shape index (κ3) is 4.61. The van der Waals surface area contributed by atoms with E-state index in [1.54, 1.807) is 27.7 Å². The molecule has 0 N–H and O–H groups in total. The molecule has 172 valence electrons.